The highest BCUT2D eigenvalue weighted by atomic mass is 32.1. The molecule has 0 aliphatic carbocycles. The van der Waals surface area contributed by atoms with E-state index >= 15 is 0 Å². The van der Waals surface area contributed by atoms with Crippen LogP contribution < -0.4 is 31.5 Å². The van der Waals surface area contributed by atoms with Crippen molar-refractivity contribution < 1.29 is 24.0 Å². The van der Waals surface area contributed by atoms with Gasteiger partial charge in [-0.05, 0) is 74.9 Å². The fraction of sp³-hybridized carbons (Fsp3) is 0.486. The summed E-state index contributed by atoms with van der Waals surface area (Å²) in [4.78, 5) is 79.5. The number of hydrogen-bond acceptors (Lipinski definition) is 14. The smallest absolute Gasteiger partial charge is 0.271 e. The Hall–Kier alpha value is -5.00. The molecule has 5 aliphatic heterocycles. The van der Waals surface area contributed by atoms with Crippen LogP contribution in [0.2, 0.25) is 0 Å². The number of nitrogens with zero attached hydrogens (tertiary/aromatic N) is 7. The van der Waals surface area contributed by atoms with E-state index in [9.17, 15) is 24.0 Å². The summed E-state index contributed by atoms with van der Waals surface area (Å²) < 4.78 is 4.29. The molecule has 272 valence electrons. The minimum atomic E-state index is -0.969. The van der Waals surface area contributed by atoms with Crippen LogP contribution in [0.5, 0.6) is 0 Å². The molecule has 2 unspecified atom stereocenters. The number of piperidine rings is 2. The maximum Gasteiger partial charge on any atom is 0.271 e. The summed E-state index contributed by atoms with van der Waals surface area (Å²) in [6, 6.07) is 6.92. The van der Waals surface area contributed by atoms with Crippen molar-refractivity contribution in [2.75, 3.05) is 60.9 Å². The highest BCUT2D eigenvalue weighted by Crippen LogP contribution is 2.34. The van der Waals surface area contributed by atoms with E-state index in [2.05, 4.69) is 40.0 Å². The zero-order valence-corrected chi connectivity index (χ0v) is 29.7. The molecule has 52 heavy (non-hydrogen) atoms. The van der Waals surface area contributed by atoms with Gasteiger partial charge in [0.2, 0.25) is 11.8 Å². The Balaban J connectivity index is 0.820. The first kappa shape index (κ1) is 34.1. The van der Waals surface area contributed by atoms with E-state index in [0.29, 0.717) is 40.8 Å². The number of imide groups is 2. The third-order valence-electron chi connectivity index (χ3n) is 10.6. The molecule has 16 nitrogen and oxygen atoms in total. The predicted octanol–water partition coefficient (Wildman–Crippen LogP) is 1.25. The van der Waals surface area contributed by atoms with E-state index in [0.717, 1.165) is 86.4 Å². The van der Waals surface area contributed by atoms with E-state index in [1.807, 2.05) is 19.1 Å². The van der Waals surface area contributed by atoms with Crippen molar-refractivity contribution in [3.05, 3.63) is 53.0 Å². The summed E-state index contributed by atoms with van der Waals surface area (Å²) in [5.74, 6) is -1.08. The average molecular weight is 728 g/mol. The molecule has 3 atom stereocenters. The van der Waals surface area contributed by atoms with Gasteiger partial charge in [0.15, 0.2) is 11.5 Å². The van der Waals surface area contributed by atoms with Crippen molar-refractivity contribution in [2.24, 2.45) is 11.7 Å². The normalized spacial score (nSPS) is 23.9. The number of carbonyl (C=O) groups excluding carboxylic acids is 5. The number of aromatic nitrogens is 3. The van der Waals surface area contributed by atoms with Crippen LogP contribution in [0, 0.1) is 12.8 Å². The summed E-state index contributed by atoms with van der Waals surface area (Å²) in [7, 11) is 0. The van der Waals surface area contributed by atoms with Crippen LogP contribution in [0.1, 0.15) is 69.0 Å². The minimum Gasteiger partial charge on any atom is -0.371 e. The molecular formula is C35H41N11O5S. The van der Waals surface area contributed by atoms with Crippen LogP contribution >= 0.6 is 11.5 Å². The summed E-state index contributed by atoms with van der Waals surface area (Å²) in [5, 5.41) is 10.1. The molecule has 5 aliphatic rings. The van der Waals surface area contributed by atoms with Crippen molar-refractivity contribution in [1.82, 2.24) is 34.8 Å². The largest absolute Gasteiger partial charge is 0.371 e. The summed E-state index contributed by atoms with van der Waals surface area (Å²) in [6.07, 6.45) is 5.02. The molecule has 4 fully saturated rings. The zero-order valence-electron chi connectivity index (χ0n) is 28.8. The molecule has 7 heterocycles. The number of amides is 5. The van der Waals surface area contributed by atoms with E-state index in [1.54, 1.807) is 18.3 Å². The molecule has 1 aromatic carbocycles. The molecule has 0 radical (unpaired) electrons. The van der Waals surface area contributed by atoms with Gasteiger partial charge in [-0.2, -0.15) is 4.37 Å². The van der Waals surface area contributed by atoms with Crippen molar-refractivity contribution in [3.63, 3.8) is 0 Å². The van der Waals surface area contributed by atoms with Crippen molar-refractivity contribution in [1.29, 1.82) is 0 Å². The van der Waals surface area contributed by atoms with Gasteiger partial charge in [-0.15, -0.1) is 0 Å². The van der Waals surface area contributed by atoms with Crippen LogP contribution in [-0.4, -0.2) is 118 Å². The maximum absolute atomic E-state index is 13.3. The van der Waals surface area contributed by atoms with Crippen molar-refractivity contribution in [3.8, 4) is 0 Å². The van der Waals surface area contributed by atoms with Gasteiger partial charge in [-0.1, -0.05) is 0 Å². The third-order valence-corrected chi connectivity index (χ3v) is 11.4. The van der Waals surface area contributed by atoms with Crippen molar-refractivity contribution in [2.45, 2.75) is 57.2 Å². The number of anilines is 4. The molecule has 0 bridgehead atoms. The topological polar surface area (TPSA) is 199 Å². The second kappa shape index (κ2) is 13.9. The molecule has 0 spiro atoms. The van der Waals surface area contributed by atoms with Gasteiger partial charge in [-0.25, -0.2) is 9.97 Å². The van der Waals surface area contributed by atoms with E-state index in [-0.39, 0.29) is 18.5 Å². The number of carbonyl (C=O) groups is 5. The number of rotatable bonds is 10. The fourth-order valence-electron chi connectivity index (χ4n) is 8.04. The number of primary amides is 1. The first-order chi connectivity index (χ1) is 25.1. The van der Waals surface area contributed by atoms with Gasteiger partial charge in [0.1, 0.15) is 16.9 Å². The Kier molecular flexibility index (Phi) is 9.09. The number of benzene rings is 1. The number of likely N-dealkylation sites (tertiary alicyclic amines) is 1. The van der Waals surface area contributed by atoms with Gasteiger partial charge < -0.3 is 31.1 Å². The molecule has 5 amide bonds. The number of nitrogens with one attached hydrogen (secondary N) is 3. The van der Waals surface area contributed by atoms with Gasteiger partial charge in [-0.3, -0.25) is 34.2 Å². The molecule has 0 saturated carbocycles. The lowest BCUT2D eigenvalue weighted by atomic mass is 9.97. The molecule has 5 N–H and O–H groups in total. The number of fused-ring (bicyclic) bond motifs is 1. The number of aryl methyl sites for hydroxylation is 1. The number of nitrogens with two attached hydrogens (primary N) is 1. The van der Waals surface area contributed by atoms with Gasteiger partial charge in [0, 0.05) is 69.4 Å². The average Bonchev–Trinajstić information content (AvgIpc) is 3.80. The Morgan fingerprint density at radius 3 is 2.56 bits per heavy atom. The lowest BCUT2D eigenvalue weighted by molar-refractivity contribution is -0.136. The zero-order chi connectivity index (χ0) is 36.1. The summed E-state index contributed by atoms with van der Waals surface area (Å²) in [6.45, 7) is 8.27. The molecule has 2 aromatic heterocycles. The number of hydrogen-bond donors (Lipinski definition) is 4. The maximum atomic E-state index is 13.3. The Morgan fingerprint density at radius 2 is 1.79 bits per heavy atom. The molecule has 4 saturated heterocycles. The molecule has 17 heteroatoms. The third kappa shape index (κ3) is 6.70. The lowest BCUT2D eigenvalue weighted by Crippen LogP contribution is -2.54. The molecular weight excluding hydrogens is 687 g/mol. The minimum absolute atomic E-state index is 0.0938. The van der Waals surface area contributed by atoms with Crippen LogP contribution in [0.4, 0.5) is 22.3 Å². The van der Waals surface area contributed by atoms with Gasteiger partial charge >= 0.3 is 0 Å². The Labute approximate surface area is 304 Å². The highest BCUT2D eigenvalue weighted by molar-refractivity contribution is 7.10. The lowest BCUT2D eigenvalue weighted by Gasteiger charge is -2.43. The fourth-order valence-corrected chi connectivity index (χ4v) is 8.71. The Bertz CT molecular complexity index is 1950. The second-order valence-electron chi connectivity index (χ2n) is 14.4. The standard InChI is InChI=1S/C35H41N11O5S/c1-19-11-29(52-42-19)41-32-30(31(36)48)37-13-27(39-32)44-9-2-3-21(18-44)38-22-8-10-43(17-22)14-20-15-45(16-20)23-4-5-24-25(12-23)35(51)46(34(24)50)26-6-7-28(47)40-33(26)49/h4-5,11-13,20-22,26,38H,2-3,6-10,14-18H2,1H3,(H2,36,48)(H,39,41)(H,40,47,49)/t21-,22?,26?/m1/s1. The SMILES string of the molecule is Cc1cc(Nc2nc(N3CCC[C@@H](NC4CCN(CC5CN(c6ccc7c(c6)C(=O)N(C6CCC(=O)NC6=O)C7=O)C5)C4)C3)cnc2C(N)=O)sn1. The molecule has 8 rings (SSSR count). The van der Waals surface area contributed by atoms with Crippen LogP contribution in [0.25, 0.3) is 0 Å². The summed E-state index contributed by atoms with van der Waals surface area (Å²) in [5.41, 5.74) is 8.06. The van der Waals surface area contributed by atoms with Crippen LogP contribution in [0.15, 0.2) is 30.5 Å². The first-order valence-corrected chi connectivity index (χ1v) is 18.6. The van der Waals surface area contributed by atoms with Gasteiger partial charge in [0.05, 0.1) is 23.0 Å². The quantitative estimate of drug-likeness (QED) is 0.218. The van der Waals surface area contributed by atoms with Crippen molar-refractivity contribution >= 4 is 63.4 Å². The monoisotopic (exact) mass is 727 g/mol. The van der Waals surface area contributed by atoms with E-state index in [1.165, 1.54) is 11.5 Å². The van der Waals surface area contributed by atoms with Crippen LogP contribution in [-0.2, 0) is 9.59 Å². The summed E-state index contributed by atoms with van der Waals surface area (Å²) >= 11 is 1.29. The van der Waals surface area contributed by atoms with E-state index in [4.69, 9.17) is 10.7 Å². The first-order valence-electron chi connectivity index (χ1n) is 17.8. The highest BCUT2D eigenvalue weighted by Gasteiger charge is 2.45. The second-order valence-corrected chi connectivity index (χ2v) is 15.2. The Morgan fingerprint density at radius 1 is 0.981 bits per heavy atom. The van der Waals surface area contributed by atoms with E-state index < -0.39 is 35.6 Å². The van der Waals surface area contributed by atoms with Gasteiger partial charge in [0.25, 0.3) is 17.7 Å². The molecule has 3 aromatic rings. The predicted molar refractivity (Wildman–Crippen MR) is 193 cm³/mol. The van der Waals surface area contributed by atoms with Crippen LogP contribution in [0.3, 0.4) is 0 Å².